The van der Waals surface area contributed by atoms with E-state index in [9.17, 15) is 5.11 Å². The average Bonchev–Trinajstić information content (AvgIpc) is 3.33. The molecule has 5 aromatic carbocycles. The molecule has 1 N–H and O–H groups in total. The zero-order valence-corrected chi connectivity index (χ0v) is 28.7. The molecule has 0 saturated heterocycles. The molecule has 0 bridgehead atoms. The zero-order valence-electron chi connectivity index (χ0n) is 28.7. The Morgan fingerprint density at radius 1 is 0.638 bits per heavy atom. The van der Waals surface area contributed by atoms with Gasteiger partial charge in [-0.1, -0.05) is 64.8 Å². The minimum absolute atomic E-state index is 0.126. The highest BCUT2D eigenvalue weighted by molar-refractivity contribution is 6.08. The van der Waals surface area contributed by atoms with E-state index in [1.54, 1.807) is 21.3 Å². The smallest absolute Gasteiger partial charge is 0.136 e. The summed E-state index contributed by atoms with van der Waals surface area (Å²) < 4.78 is 23.4. The fourth-order valence-corrected chi connectivity index (χ4v) is 8.01. The molecule has 1 atom stereocenters. The largest absolute Gasteiger partial charge is 0.507 e. The summed E-state index contributed by atoms with van der Waals surface area (Å²) in [6, 6.07) is 28.4. The van der Waals surface area contributed by atoms with Gasteiger partial charge in [0.2, 0.25) is 0 Å². The molecule has 1 unspecified atom stereocenters. The summed E-state index contributed by atoms with van der Waals surface area (Å²) in [5, 5.41) is 13.7. The van der Waals surface area contributed by atoms with E-state index in [2.05, 4.69) is 58.0 Å². The van der Waals surface area contributed by atoms with E-state index in [-0.39, 0.29) is 16.6 Å². The fourth-order valence-electron chi connectivity index (χ4n) is 8.01. The van der Waals surface area contributed by atoms with Gasteiger partial charge in [-0.25, -0.2) is 0 Å². The van der Waals surface area contributed by atoms with Gasteiger partial charge in [-0.3, -0.25) is 0 Å². The second-order valence-corrected chi connectivity index (χ2v) is 13.5. The van der Waals surface area contributed by atoms with Crippen molar-refractivity contribution >= 4 is 10.8 Å². The Morgan fingerprint density at radius 2 is 1.34 bits per heavy atom. The van der Waals surface area contributed by atoms with Crippen molar-refractivity contribution in [3.63, 3.8) is 0 Å². The SMILES string of the molecule is CCCC(C)(C)CC1(CCC)c2ccccc2-c2c1cc(O)c1cc(-c3ccc(OC)cc3OC)c(Oc3ccc(OC)cc3)cc21. The summed E-state index contributed by atoms with van der Waals surface area (Å²) in [7, 11) is 4.94. The molecule has 1 aliphatic carbocycles. The van der Waals surface area contributed by atoms with Crippen molar-refractivity contribution in [3.05, 3.63) is 96.1 Å². The van der Waals surface area contributed by atoms with Gasteiger partial charge in [0.25, 0.3) is 0 Å². The minimum Gasteiger partial charge on any atom is -0.507 e. The lowest BCUT2D eigenvalue weighted by Crippen LogP contribution is -2.32. The van der Waals surface area contributed by atoms with Crippen LogP contribution in [0.1, 0.15) is 70.9 Å². The molecule has 0 saturated carbocycles. The number of phenolic OH excluding ortho intramolecular Hbond substituents is 1. The average molecular weight is 631 g/mol. The number of fused-ring (bicyclic) bond motifs is 5. The van der Waals surface area contributed by atoms with Gasteiger partial charge in [-0.15, -0.1) is 0 Å². The van der Waals surface area contributed by atoms with Crippen LogP contribution in [0.15, 0.2) is 84.9 Å². The fraction of sp³-hybridized carbons (Fsp3) is 0.333. The molecular weight excluding hydrogens is 584 g/mol. The quantitative estimate of drug-likeness (QED) is 0.149. The van der Waals surface area contributed by atoms with E-state index in [1.807, 2.05) is 54.6 Å². The third kappa shape index (κ3) is 5.77. The first-order valence-corrected chi connectivity index (χ1v) is 16.7. The lowest BCUT2D eigenvalue weighted by Gasteiger charge is -2.39. The van der Waals surface area contributed by atoms with Crippen molar-refractivity contribution in [1.82, 2.24) is 0 Å². The van der Waals surface area contributed by atoms with Crippen LogP contribution in [0.3, 0.4) is 0 Å². The van der Waals surface area contributed by atoms with Gasteiger partial charge in [-0.2, -0.15) is 0 Å². The van der Waals surface area contributed by atoms with E-state index in [0.717, 1.165) is 59.8 Å². The molecule has 47 heavy (non-hydrogen) atoms. The summed E-state index contributed by atoms with van der Waals surface area (Å²) in [6.45, 7) is 9.32. The van der Waals surface area contributed by atoms with Crippen LogP contribution in [-0.2, 0) is 5.41 Å². The molecule has 6 rings (SSSR count). The second-order valence-electron chi connectivity index (χ2n) is 13.5. The van der Waals surface area contributed by atoms with E-state index >= 15 is 0 Å². The van der Waals surface area contributed by atoms with Crippen molar-refractivity contribution in [2.75, 3.05) is 21.3 Å². The van der Waals surface area contributed by atoms with Crippen molar-refractivity contribution in [3.8, 4) is 56.8 Å². The number of hydrogen-bond acceptors (Lipinski definition) is 5. The predicted octanol–water partition coefficient (Wildman–Crippen LogP) is 11.3. The van der Waals surface area contributed by atoms with Gasteiger partial charge in [0.1, 0.15) is 34.5 Å². The molecule has 0 spiro atoms. The van der Waals surface area contributed by atoms with Gasteiger partial charge >= 0.3 is 0 Å². The van der Waals surface area contributed by atoms with Crippen molar-refractivity contribution < 1.29 is 24.1 Å². The van der Waals surface area contributed by atoms with Crippen LogP contribution in [-0.4, -0.2) is 26.4 Å². The normalized spacial score (nSPS) is 15.3. The summed E-state index contributed by atoms with van der Waals surface area (Å²) in [5.41, 5.74) is 6.53. The monoisotopic (exact) mass is 630 g/mol. The van der Waals surface area contributed by atoms with Gasteiger partial charge in [0.15, 0.2) is 0 Å². The first-order valence-electron chi connectivity index (χ1n) is 16.7. The Bertz CT molecular complexity index is 1910. The maximum atomic E-state index is 11.9. The molecule has 0 aliphatic heterocycles. The van der Waals surface area contributed by atoms with E-state index < -0.39 is 0 Å². The summed E-state index contributed by atoms with van der Waals surface area (Å²) in [5.74, 6) is 3.71. The molecule has 5 aromatic rings. The highest BCUT2D eigenvalue weighted by atomic mass is 16.5. The van der Waals surface area contributed by atoms with Crippen molar-refractivity contribution in [2.24, 2.45) is 5.41 Å². The number of hydrogen-bond donors (Lipinski definition) is 1. The molecule has 0 heterocycles. The van der Waals surface area contributed by atoms with Crippen molar-refractivity contribution in [1.29, 1.82) is 0 Å². The number of aromatic hydroxyl groups is 1. The number of ether oxygens (including phenoxy) is 4. The van der Waals surface area contributed by atoms with Gasteiger partial charge < -0.3 is 24.1 Å². The molecule has 244 valence electrons. The summed E-state index contributed by atoms with van der Waals surface area (Å²) in [4.78, 5) is 0. The minimum atomic E-state index is -0.208. The molecule has 0 fully saturated rings. The van der Waals surface area contributed by atoms with Crippen molar-refractivity contribution in [2.45, 2.75) is 65.2 Å². The highest BCUT2D eigenvalue weighted by Crippen LogP contribution is 2.60. The van der Waals surface area contributed by atoms with Gasteiger partial charge in [0, 0.05) is 28.0 Å². The number of rotatable bonds is 12. The van der Waals surface area contributed by atoms with Crippen LogP contribution < -0.4 is 18.9 Å². The van der Waals surface area contributed by atoms with Gasteiger partial charge in [0.05, 0.1) is 21.3 Å². The Kier molecular flexibility index (Phi) is 8.84. The maximum absolute atomic E-state index is 11.9. The van der Waals surface area contributed by atoms with E-state index in [0.29, 0.717) is 23.0 Å². The van der Waals surface area contributed by atoms with Crippen LogP contribution in [0.25, 0.3) is 33.0 Å². The Labute approximate surface area is 279 Å². The lowest BCUT2D eigenvalue weighted by atomic mass is 9.64. The number of phenols is 1. The van der Waals surface area contributed by atoms with Crippen LogP contribution >= 0.6 is 0 Å². The third-order valence-electron chi connectivity index (χ3n) is 9.81. The molecule has 5 nitrogen and oxygen atoms in total. The number of benzene rings is 5. The van der Waals surface area contributed by atoms with Crippen LogP contribution in [0, 0.1) is 5.41 Å². The van der Waals surface area contributed by atoms with E-state index in [1.165, 1.54) is 22.3 Å². The summed E-state index contributed by atoms with van der Waals surface area (Å²) >= 11 is 0. The van der Waals surface area contributed by atoms with Gasteiger partial charge in [-0.05, 0) is 107 Å². The third-order valence-corrected chi connectivity index (χ3v) is 9.81. The predicted molar refractivity (Wildman–Crippen MR) is 192 cm³/mol. The van der Waals surface area contributed by atoms with Crippen LogP contribution in [0.4, 0.5) is 0 Å². The van der Waals surface area contributed by atoms with E-state index in [4.69, 9.17) is 18.9 Å². The maximum Gasteiger partial charge on any atom is 0.136 e. The second kappa shape index (κ2) is 12.9. The molecule has 0 amide bonds. The Hall–Kier alpha value is -4.64. The Morgan fingerprint density at radius 3 is 2.02 bits per heavy atom. The standard InChI is InChI=1S/C42H46O5/c1-8-20-41(3,4)26-42(21-9-2)35-13-11-10-12-31(35)40-34-24-39(47-28-16-14-27(44-5)15-17-28)33(23-32(34)37(43)25-36(40)42)30-19-18-29(45-6)22-38(30)46-7/h10-19,22-25,43H,8-9,20-21,26H2,1-7H3. The first kappa shape index (κ1) is 32.3. The molecule has 0 radical (unpaired) electrons. The topological polar surface area (TPSA) is 57.2 Å². The Balaban J connectivity index is 1.66. The molecule has 5 heteroatoms. The molecule has 1 aliphatic rings. The van der Waals surface area contributed by atoms with Crippen LogP contribution in [0.2, 0.25) is 0 Å². The lowest BCUT2D eigenvalue weighted by molar-refractivity contribution is 0.231. The zero-order chi connectivity index (χ0) is 33.3. The molecule has 0 aromatic heterocycles. The molecular formula is C42H46O5. The highest BCUT2D eigenvalue weighted by Gasteiger charge is 2.46. The first-order chi connectivity index (χ1) is 22.7. The van der Waals surface area contributed by atoms with Crippen LogP contribution in [0.5, 0.6) is 34.5 Å². The summed E-state index contributed by atoms with van der Waals surface area (Å²) in [6.07, 6.45) is 5.33. The number of methoxy groups -OCH3 is 3.